The van der Waals surface area contributed by atoms with E-state index >= 15 is 0 Å². The molecule has 4 nitrogen and oxygen atoms in total. The summed E-state index contributed by atoms with van der Waals surface area (Å²) < 4.78 is 18.4. The van der Waals surface area contributed by atoms with Crippen molar-refractivity contribution in [2.75, 3.05) is 20.4 Å². The normalized spacial score (nSPS) is 14.7. The first-order valence-corrected chi connectivity index (χ1v) is 7.01. The molecule has 0 aromatic heterocycles. The van der Waals surface area contributed by atoms with Crippen molar-refractivity contribution < 1.29 is 35.8 Å². The minimum absolute atomic E-state index is 0. The lowest BCUT2D eigenvalue weighted by atomic mass is 10.0. The van der Waals surface area contributed by atoms with Gasteiger partial charge in [0.05, 0.1) is 13.2 Å². The van der Waals surface area contributed by atoms with Crippen LogP contribution < -0.4 is 31.2 Å². The third kappa shape index (κ3) is 2.57. The quantitative estimate of drug-likeness (QED) is 0.691. The lowest BCUT2D eigenvalue weighted by Crippen LogP contribution is -3.00. The van der Waals surface area contributed by atoms with Gasteiger partial charge < -0.3 is 31.2 Å². The minimum Gasteiger partial charge on any atom is -1.00 e. The monoisotopic (exact) mass is 361 g/mol. The smallest absolute Gasteiger partial charge is 0.231 e. The third-order valence-corrected chi connectivity index (χ3v) is 3.94. The van der Waals surface area contributed by atoms with Crippen LogP contribution >= 0.6 is 0 Å². The number of benzene rings is 2. The van der Waals surface area contributed by atoms with E-state index < -0.39 is 0 Å². The van der Waals surface area contributed by atoms with E-state index in [2.05, 4.69) is 35.1 Å². The molecule has 0 saturated carbocycles. The average molecular weight is 362 g/mol. The molecule has 0 atom stereocenters. The van der Waals surface area contributed by atoms with Crippen molar-refractivity contribution in [2.45, 2.75) is 6.42 Å². The second-order valence-electron chi connectivity index (χ2n) is 5.18. The van der Waals surface area contributed by atoms with Gasteiger partial charge in [-0.2, -0.15) is 4.58 Å². The highest BCUT2D eigenvalue weighted by Crippen LogP contribution is 2.35. The molecule has 114 valence electrons. The first kappa shape index (κ1) is 14.9. The van der Waals surface area contributed by atoms with E-state index in [1.807, 2.05) is 12.1 Å². The van der Waals surface area contributed by atoms with Crippen LogP contribution in [0.1, 0.15) is 11.1 Å². The number of hydrogen-bond donors (Lipinski definition) is 0. The van der Waals surface area contributed by atoms with E-state index in [0.29, 0.717) is 6.79 Å². The zero-order valence-electron chi connectivity index (χ0n) is 12.2. The largest absolute Gasteiger partial charge is 1.00 e. The van der Waals surface area contributed by atoms with Gasteiger partial charge in [-0.05, 0) is 23.8 Å². The Labute approximate surface area is 139 Å². The van der Waals surface area contributed by atoms with E-state index in [1.54, 1.807) is 7.11 Å². The molecule has 22 heavy (non-hydrogen) atoms. The fraction of sp³-hybridized carbons (Fsp3) is 0.235. The van der Waals surface area contributed by atoms with Crippen molar-refractivity contribution in [1.29, 1.82) is 0 Å². The van der Waals surface area contributed by atoms with Crippen LogP contribution in [0, 0.1) is 0 Å². The number of hydrogen-bond acceptors (Lipinski definition) is 3. The van der Waals surface area contributed by atoms with Gasteiger partial charge in [0.1, 0.15) is 5.75 Å². The van der Waals surface area contributed by atoms with E-state index in [9.17, 15) is 0 Å². The maximum Gasteiger partial charge on any atom is 0.231 e. The van der Waals surface area contributed by atoms with Gasteiger partial charge in [-0.3, -0.25) is 0 Å². The van der Waals surface area contributed by atoms with Gasteiger partial charge in [0.15, 0.2) is 24.3 Å². The van der Waals surface area contributed by atoms with Gasteiger partial charge in [0, 0.05) is 18.1 Å². The molecule has 0 fully saturated rings. The number of ether oxygens (including phenoxy) is 3. The van der Waals surface area contributed by atoms with Crippen molar-refractivity contribution in [3.05, 3.63) is 47.5 Å². The fourth-order valence-corrected chi connectivity index (χ4v) is 2.80. The van der Waals surface area contributed by atoms with Crippen molar-refractivity contribution in [2.24, 2.45) is 0 Å². The van der Waals surface area contributed by atoms with Crippen molar-refractivity contribution in [1.82, 2.24) is 0 Å². The van der Waals surface area contributed by atoms with Crippen LogP contribution in [-0.4, -0.2) is 31.2 Å². The summed E-state index contributed by atoms with van der Waals surface area (Å²) in [4.78, 5) is 0. The van der Waals surface area contributed by atoms with Crippen LogP contribution in [0.3, 0.4) is 0 Å². The number of fused-ring (bicyclic) bond motifs is 2. The Kier molecular flexibility index (Phi) is 4.07. The number of halogens is 1. The van der Waals surface area contributed by atoms with Crippen LogP contribution in [0.25, 0.3) is 0 Å². The van der Waals surface area contributed by atoms with Gasteiger partial charge in [-0.15, -0.1) is 0 Å². The SMILES string of the molecule is COc1cccc([N+]2=Cc3cc4c(cc3CC2)OCO4)c1.[Br-]. The number of nitrogens with zero attached hydrogens (tertiary/aromatic N) is 1. The maximum absolute atomic E-state index is 5.46. The van der Waals surface area contributed by atoms with Crippen LogP contribution in [0.2, 0.25) is 0 Å². The molecule has 0 radical (unpaired) electrons. The Morgan fingerprint density at radius 1 is 1.09 bits per heavy atom. The highest BCUT2D eigenvalue weighted by atomic mass is 79.9. The van der Waals surface area contributed by atoms with Gasteiger partial charge in [0.25, 0.3) is 0 Å². The van der Waals surface area contributed by atoms with E-state index in [4.69, 9.17) is 14.2 Å². The topological polar surface area (TPSA) is 30.7 Å². The third-order valence-electron chi connectivity index (χ3n) is 3.94. The Morgan fingerprint density at radius 2 is 1.91 bits per heavy atom. The molecule has 0 aliphatic carbocycles. The molecular formula is C17H16BrNO3. The predicted molar refractivity (Wildman–Crippen MR) is 79.2 cm³/mol. The molecule has 5 heteroatoms. The Bertz CT molecular complexity index is 743. The summed E-state index contributed by atoms with van der Waals surface area (Å²) in [7, 11) is 1.69. The highest BCUT2D eigenvalue weighted by molar-refractivity contribution is 5.81. The standard InChI is InChI=1S/C17H16NO3.BrH/c1-19-15-4-2-3-14(9-15)18-6-5-12-7-16-17(21-11-20-16)8-13(12)10-18;/h2-4,7-10H,5-6,11H2,1H3;1H/q+1;/p-1. The van der Waals surface area contributed by atoms with Crippen LogP contribution in [0.4, 0.5) is 5.69 Å². The zero-order chi connectivity index (χ0) is 14.2. The molecule has 2 aromatic rings. The van der Waals surface area contributed by atoms with Crippen molar-refractivity contribution in [3.8, 4) is 17.2 Å². The van der Waals surface area contributed by atoms with Crippen molar-refractivity contribution in [3.63, 3.8) is 0 Å². The Hall–Kier alpha value is -2.01. The van der Waals surface area contributed by atoms with E-state index in [-0.39, 0.29) is 17.0 Å². The van der Waals surface area contributed by atoms with Crippen molar-refractivity contribution >= 4 is 11.9 Å². The first-order chi connectivity index (χ1) is 10.3. The molecule has 0 unspecified atom stereocenters. The molecule has 4 rings (SSSR count). The molecule has 2 aromatic carbocycles. The summed E-state index contributed by atoms with van der Waals surface area (Å²) in [5, 5.41) is 0. The van der Waals surface area contributed by atoms with Gasteiger partial charge in [-0.1, -0.05) is 6.07 Å². The summed E-state index contributed by atoms with van der Waals surface area (Å²) in [6, 6.07) is 12.3. The van der Waals surface area contributed by atoms with Gasteiger partial charge in [0.2, 0.25) is 12.5 Å². The second-order valence-corrected chi connectivity index (χ2v) is 5.18. The maximum atomic E-state index is 5.46. The first-order valence-electron chi connectivity index (χ1n) is 7.01. The number of methoxy groups -OCH3 is 1. The minimum atomic E-state index is 0. The summed E-state index contributed by atoms with van der Waals surface area (Å²) in [6.07, 6.45) is 3.15. The lowest BCUT2D eigenvalue weighted by molar-refractivity contribution is -0.436. The van der Waals surface area contributed by atoms with Crippen LogP contribution in [0.15, 0.2) is 36.4 Å². The average Bonchev–Trinajstić information content (AvgIpc) is 2.99. The Morgan fingerprint density at radius 3 is 2.73 bits per heavy atom. The molecule has 0 saturated heterocycles. The molecule has 2 aliphatic rings. The molecule has 0 bridgehead atoms. The molecule has 0 amide bonds. The fourth-order valence-electron chi connectivity index (χ4n) is 2.80. The predicted octanol–water partition coefficient (Wildman–Crippen LogP) is -0.253. The summed E-state index contributed by atoms with van der Waals surface area (Å²) in [5.41, 5.74) is 3.63. The molecular weight excluding hydrogens is 346 g/mol. The number of rotatable bonds is 2. The second kappa shape index (κ2) is 6.01. The van der Waals surface area contributed by atoms with Gasteiger partial charge in [-0.25, -0.2) is 0 Å². The van der Waals surface area contributed by atoms with Gasteiger partial charge >= 0.3 is 0 Å². The molecule has 2 heterocycles. The molecule has 2 aliphatic heterocycles. The lowest BCUT2D eigenvalue weighted by Gasteiger charge is -2.13. The van der Waals surface area contributed by atoms with Crippen LogP contribution in [0.5, 0.6) is 17.2 Å². The molecule has 0 N–H and O–H groups in total. The molecule has 0 spiro atoms. The Balaban J connectivity index is 0.00000144. The summed E-state index contributed by atoms with van der Waals surface area (Å²) in [5.74, 6) is 2.56. The van der Waals surface area contributed by atoms with E-state index in [1.165, 1.54) is 11.1 Å². The highest BCUT2D eigenvalue weighted by Gasteiger charge is 2.23. The zero-order valence-corrected chi connectivity index (χ0v) is 13.8. The summed E-state index contributed by atoms with van der Waals surface area (Å²) in [6.45, 7) is 1.26. The van der Waals surface area contributed by atoms with Crippen LogP contribution in [-0.2, 0) is 6.42 Å². The van der Waals surface area contributed by atoms with E-state index in [0.717, 1.165) is 35.9 Å². The summed E-state index contributed by atoms with van der Waals surface area (Å²) >= 11 is 0.